The molecule has 33 heavy (non-hydrogen) atoms. The maximum atomic E-state index is 12.5. The lowest BCUT2D eigenvalue weighted by molar-refractivity contribution is -0.164. The smallest absolute Gasteiger partial charge is 0.348 e. The highest BCUT2D eigenvalue weighted by atomic mass is 16.6. The van der Waals surface area contributed by atoms with Crippen molar-refractivity contribution in [3.63, 3.8) is 0 Å². The van der Waals surface area contributed by atoms with Gasteiger partial charge in [0.2, 0.25) is 6.10 Å². The van der Waals surface area contributed by atoms with Crippen LogP contribution in [0.1, 0.15) is 22.3 Å². The Morgan fingerprint density at radius 2 is 1.73 bits per heavy atom. The van der Waals surface area contributed by atoms with Crippen LogP contribution in [0.5, 0.6) is 11.5 Å². The summed E-state index contributed by atoms with van der Waals surface area (Å²) < 4.78 is 21.4. The van der Waals surface area contributed by atoms with Gasteiger partial charge in [0.25, 0.3) is 0 Å². The van der Waals surface area contributed by atoms with Crippen LogP contribution in [0.15, 0.2) is 67.8 Å². The third-order valence-corrected chi connectivity index (χ3v) is 4.81. The minimum absolute atomic E-state index is 0.0374. The quantitative estimate of drug-likeness (QED) is 0.263. The van der Waals surface area contributed by atoms with Crippen molar-refractivity contribution in [1.29, 1.82) is 0 Å². The molecule has 0 fully saturated rings. The van der Waals surface area contributed by atoms with E-state index < -0.39 is 18.0 Å². The third kappa shape index (κ3) is 8.00. The van der Waals surface area contributed by atoms with Crippen LogP contribution < -0.4 is 9.47 Å². The van der Waals surface area contributed by atoms with Crippen molar-refractivity contribution in [3.05, 3.63) is 90.0 Å². The number of rotatable bonds is 12. The van der Waals surface area contributed by atoms with Gasteiger partial charge in [-0.15, -0.1) is 0 Å². The standard InChI is InChI=1S/C27H30O6/c1-6-14-31-23-12-10-21(17-24(23)30-5)11-13-26(28)33-25(27(29)32-15-7-2)18-22-9-8-19(3)20(4)16-22/h6-13,16-17,25H,1-2,14-15,18H2,3-5H3/b13-11+. The fraction of sp³-hybridized carbons (Fsp3) is 0.259. The summed E-state index contributed by atoms with van der Waals surface area (Å²) in [6.07, 6.45) is 5.06. The molecular formula is C27H30O6. The molecule has 1 unspecified atom stereocenters. The molecule has 174 valence electrons. The van der Waals surface area contributed by atoms with Crippen molar-refractivity contribution in [2.45, 2.75) is 26.4 Å². The first-order chi connectivity index (χ1) is 15.9. The lowest BCUT2D eigenvalue weighted by Gasteiger charge is -2.16. The van der Waals surface area contributed by atoms with E-state index in [9.17, 15) is 9.59 Å². The number of aryl methyl sites for hydroxylation is 2. The van der Waals surface area contributed by atoms with Crippen molar-refractivity contribution < 1.29 is 28.5 Å². The highest BCUT2D eigenvalue weighted by molar-refractivity contribution is 5.89. The van der Waals surface area contributed by atoms with E-state index in [1.54, 1.807) is 30.4 Å². The average molecular weight is 451 g/mol. The lowest BCUT2D eigenvalue weighted by atomic mass is 10.0. The molecule has 0 aliphatic carbocycles. The lowest BCUT2D eigenvalue weighted by Crippen LogP contribution is -2.31. The number of hydrogen-bond acceptors (Lipinski definition) is 6. The van der Waals surface area contributed by atoms with Crippen LogP contribution in [0, 0.1) is 13.8 Å². The van der Waals surface area contributed by atoms with E-state index in [2.05, 4.69) is 13.2 Å². The Hall–Kier alpha value is -3.80. The van der Waals surface area contributed by atoms with Crippen LogP contribution in [-0.2, 0) is 25.5 Å². The second kappa shape index (κ2) is 12.9. The molecule has 0 aliphatic heterocycles. The summed E-state index contributed by atoms with van der Waals surface area (Å²) in [5.41, 5.74) is 3.80. The zero-order chi connectivity index (χ0) is 24.2. The number of methoxy groups -OCH3 is 1. The van der Waals surface area contributed by atoms with Crippen molar-refractivity contribution in [2.75, 3.05) is 20.3 Å². The van der Waals surface area contributed by atoms with E-state index in [1.807, 2.05) is 32.0 Å². The molecule has 0 spiro atoms. The maximum absolute atomic E-state index is 12.5. The van der Waals surface area contributed by atoms with Crippen LogP contribution in [0.25, 0.3) is 6.08 Å². The average Bonchev–Trinajstić information content (AvgIpc) is 2.81. The molecule has 2 aromatic carbocycles. The first-order valence-electron chi connectivity index (χ1n) is 10.5. The molecule has 0 N–H and O–H groups in total. The summed E-state index contributed by atoms with van der Waals surface area (Å²) in [5, 5.41) is 0. The summed E-state index contributed by atoms with van der Waals surface area (Å²) in [6.45, 7) is 11.5. The predicted octanol–water partition coefficient (Wildman–Crippen LogP) is 4.77. The highest BCUT2D eigenvalue weighted by Gasteiger charge is 2.24. The predicted molar refractivity (Wildman–Crippen MR) is 128 cm³/mol. The highest BCUT2D eigenvalue weighted by Crippen LogP contribution is 2.28. The van der Waals surface area contributed by atoms with Gasteiger partial charge >= 0.3 is 11.9 Å². The van der Waals surface area contributed by atoms with Crippen LogP contribution in [-0.4, -0.2) is 38.4 Å². The molecule has 0 saturated carbocycles. The van der Waals surface area contributed by atoms with Crippen molar-refractivity contribution in [3.8, 4) is 11.5 Å². The molecule has 0 aliphatic rings. The van der Waals surface area contributed by atoms with Gasteiger partial charge in [0.15, 0.2) is 11.5 Å². The monoisotopic (exact) mass is 450 g/mol. The zero-order valence-corrected chi connectivity index (χ0v) is 19.3. The first kappa shape index (κ1) is 25.5. The van der Waals surface area contributed by atoms with Gasteiger partial charge in [-0.05, 0) is 54.3 Å². The zero-order valence-electron chi connectivity index (χ0n) is 19.3. The molecule has 2 aromatic rings. The minimum Gasteiger partial charge on any atom is -0.493 e. The molecule has 6 nitrogen and oxygen atoms in total. The fourth-order valence-electron chi connectivity index (χ4n) is 2.95. The van der Waals surface area contributed by atoms with Gasteiger partial charge in [-0.2, -0.15) is 0 Å². The van der Waals surface area contributed by atoms with Gasteiger partial charge in [-0.25, -0.2) is 9.59 Å². The van der Waals surface area contributed by atoms with Crippen molar-refractivity contribution in [1.82, 2.24) is 0 Å². The van der Waals surface area contributed by atoms with Gasteiger partial charge in [0.1, 0.15) is 13.2 Å². The number of carbonyl (C=O) groups excluding carboxylic acids is 2. The van der Waals surface area contributed by atoms with Crippen molar-refractivity contribution >= 4 is 18.0 Å². The number of ether oxygens (including phenoxy) is 4. The molecule has 0 heterocycles. The molecule has 0 amide bonds. The van der Waals surface area contributed by atoms with Gasteiger partial charge < -0.3 is 18.9 Å². The molecule has 0 aromatic heterocycles. The Morgan fingerprint density at radius 3 is 2.39 bits per heavy atom. The fourth-order valence-corrected chi connectivity index (χ4v) is 2.95. The summed E-state index contributed by atoms with van der Waals surface area (Å²) in [6, 6.07) is 11.1. The Bertz CT molecular complexity index is 1020. The Balaban J connectivity index is 2.13. The Labute approximate surface area is 195 Å². The van der Waals surface area contributed by atoms with E-state index >= 15 is 0 Å². The maximum Gasteiger partial charge on any atom is 0.348 e. The van der Waals surface area contributed by atoms with E-state index in [4.69, 9.17) is 18.9 Å². The second-order valence-corrected chi connectivity index (χ2v) is 7.31. The normalized spacial score (nSPS) is 11.5. The van der Waals surface area contributed by atoms with Gasteiger partial charge in [0.05, 0.1) is 7.11 Å². The molecule has 0 radical (unpaired) electrons. The first-order valence-corrected chi connectivity index (χ1v) is 10.5. The summed E-state index contributed by atoms with van der Waals surface area (Å²) in [4.78, 5) is 24.9. The van der Waals surface area contributed by atoms with Crippen molar-refractivity contribution in [2.24, 2.45) is 0 Å². The third-order valence-electron chi connectivity index (χ3n) is 4.81. The number of hydrogen-bond donors (Lipinski definition) is 0. The van der Waals surface area contributed by atoms with E-state index in [0.717, 1.165) is 16.7 Å². The van der Waals surface area contributed by atoms with Crippen LogP contribution in [0.4, 0.5) is 0 Å². The van der Waals surface area contributed by atoms with Gasteiger partial charge in [-0.3, -0.25) is 0 Å². The topological polar surface area (TPSA) is 71.1 Å². The summed E-state index contributed by atoms with van der Waals surface area (Å²) in [5.74, 6) is -0.200. The van der Waals surface area contributed by atoms with Crippen LogP contribution in [0.2, 0.25) is 0 Å². The van der Waals surface area contributed by atoms with E-state index in [1.165, 1.54) is 19.3 Å². The molecular weight excluding hydrogens is 420 g/mol. The molecule has 6 heteroatoms. The molecule has 0 saturated heterocycles. The van der Waals surface area contributed by atoms with Crippen LogP contribution >= 0.6 is 0 Å². The number of benzene rings is 2. The molecule has 0 bridgehead atoms. The molecule has 2 rings (SSSR count). The number of esters is 2. The largest absolute Gasteiger partial charge is 0.493 e. The Morgan fingerprint density at radius 1 is 0.970 bits per heavy atom. The minimum atomic E-state index is -1.08. The van der Waals surface area contributed by atoms with Gasteiger partial charge in [0, 0.05) is 12.5 Å². The Kier molecular flexibility index (Phi) is 9.96. The van der Waals surface area contributed by atoms with Crippen LogP contribution in [0.3, 0.4) is 0 Å². The second-order valence-electron chi connectivity index (χ2n) is 7.31. The SMILES string of the molecule is C=CCOC(=O)C(Cc1ccc(C)c(C)c1)OC(=O)/C=C/c1ccc(OCC=C)c(OC)c1. The van der Waals surface area contributed by atoms with E-state index in [0.29, 0.717) is 23.7 Å². The summed E-state index contributed by atoms with van der Waals surface area (Å²) >= 11 is 0. The van der Waals surface area contributed by atoms with Gasteiger partial charge in [-0.1, -0.05) is 49.6 Å². The molecule has 1 atom stereocenters. The van der Waals surface area contributed by atoms with E-state index in [-0.39, 0.29) is 13.0 Å². The summed E-state index contributed by atoms with van der Waals surface area (Å²) in [7, 11) is 1.53. The number of carbonyl (C=O) groups is 2.